The molecule has 3 atom stereocenters. The molecule has 0 heterocycles. The van der Waals surface area contributed by atoms with E-state index >= 15 is 0 Å². The molecule has 0 aliphatic carbocycles. The maximum Gasteiger partial charge on any atom is 0.104 e. The van der Waals surface area contributed by atoms with Gasteiger partial charge in [-0.3, -0.25) is 0 Å². The molecule has 11 nitrogen and oxygen atoms in total. The summed E-state index contributed by atoms with van der Waals surface area (Å²) in [4.78, 5) is 0. The Bertz CT molecular complexity index is 404. The largest absolute Gasteiger partial charge is 0.379 e. The zero-order chi connectivity index (χ0) is 25.8. The highest BCUT2D eigenvalue weighted by Crippen LogP contribution is 2.04. The van der Waals surface area contributed by atoms with E-state index in [0.29, 0.717) is 98.9 Å². The molecule has 0 aromatic carbocycles. The average molecular weight is 511 g/mol. The molecule has 0 amide bonds. The molecule has 0 saturated carbocycles. The second kappa shape index (κ2) is 28.1. The fourth-order valence-electron chi connectivity index (χ4n) is 2.85. The van der Waals surface area contributed by atoms with Crippen molar-refractivity contribution < 1.29 is 33.2 Å². The minimum atomic E-state index is -0.231. The van der Waals surface area contributed by atoms with Crippen LogP contribution in [0.5, 0.6) is 0 Å². The van der Waals surface area contributed by atoms with Gasteiger partial charge in [0.25, 0.3) is 0 Å². The lowest BCUT2D eigenvalue weighted by molar-refractivity contribution is -0.109. The molecule has 0 saturated heterocycles. The summed E-state index contributed by atoms with van der Waals surface area (Å²) in [5.74, 6) is 0. The van der Waals surface area contributed by atoms with Gasteiger partial charge in [-0.1, -0.05) is 6.92 Å². The number of rotatable bonds is 29. The minimum Gasteiger partial charge on any atom is -0.379 e. The van der Waals surface area contributed by atoms with Crippen LogP contribution in [0.1, 0.15) is 39.0 Å². The van der Waals surface area contributed by atoms with Crippen LogP contribution in [0.25, 0.3) is 0 Å². The highest BCUT2D eigenvalue weighted by atomic mass is 16.6. The number of nitrogens with two attached hydrogens (primary N) is 4. The molecule has 212 valence electrons. The summed E-state index contributed by atoms with van der Waals surface area (Å²) in [5.41, 5.74) is 22.3. The van der Waals surface area contributed by atoms with Gasteiger partial charge in [-0.05, 0) is 58.3 Å². The van der Waals surface area contributed by atoms with Gasteiger partial charge in [0.15, 0.2) is 0 Å². The van der Waals surface area contributed by atoms with Crippen molar-refractivity contribution in [2.24, 2.45) is 22.9 Å². The van der Waals surface area contributed by atoms with Gasteiger partial charge in [0.1, 0.15) is 18.3 Å². The van der Waals surface area contributed by atoms with E-state index in [1.807, 2.05) is 0 Å². The molecule has 0 radical (unpaired) electrons. The van der Waals surface area contributed by atoms with Gasteiger partial charge in [-0.2, -0.15) is 0 Å². The Morgan fingerprint density at radius 1 is 0.429 bits per heavy atom. The summed E-state index contributed by atoms with van der Waals surface area (Å²) in [6.07, 6.45) is 3.56. The van der Waals surface area contributed by atoms with Crippen molar-refractivity contribution in [1.29, 1.82) is 0 Å². The lowest BCUT2D eigenvalue weighted by Crippen LogP contribution is -2.33. The second-order valence-electron chi connectivity index (χ2n) is 8.27. The quantitative estimate of drug-likeness (QED) is 0.100. The summed E-state index contributed by atoms with van der Waals surface area (Å²) in [5, 5.41) is 0. The van der Waals surface area contributed by atoms with Gasteiger partial charge in [0.2, 0.25) is 0 Å². The monoisotopic (exact) mass is 510 g/mol. The zero-order valence-electron chi connectivity index (χ0n) is 22.0. The van der Waals surface area contributed by atoms with Crippen LogP contribution in [0.15, 0.2) is 0 Å². The third kappa shape index (κ3) is 23.7. The summed E-state index contributed by atoms with van der Waals surface area (Å²) in [6.45, 7) is 9.87. The lowest BCUT2D eigenvalue weighted by Gasteiger charge is -2.23. The lowest BCUT2D eigenvalue weighted by atomic mass is 10.3. The minimum absolute atomic E-state index is 0.148. The summed E-state index contributed by atoms with van der Waals surface area (Å²) >= 11 is 0. The predicted molar refractivity (Wildman–Crippen MR) is 137 cm³/mol. The van der Waals surface area contributed by atoms with Crippen molar-refractivity contribution >= 4 is 0 Å². The highest BCUT2D eigenvalue weighted by molar-refractivity contribution is 4.62. The van der Waals surface area contributed by atoms with Crippen molar-refractivity contribution in [3.8, 4) is 0 Å². The van der Waals surface area contributed by atoms with Crippen molar-refractivity contribution in [1.82, 2.24) is 0 Å². The van der Waals surface area contributed by atoms with E-state index in [1.54, 1.807) is 0 Å². The molecule has 0 bridgehead atoms. The first kappa shape index (κ1) is 34.6. The first-order valence-corrected chi connectivity index (χ1v) is 13.2. The van der Waals surface area contributed by atoms with Crippen LogP contribution in [0, 0.1) is 0 Å². The van der Waals surface area contributed by atoms with Gasteiger partial charge in [0.05, 0.1) is 39.6 Å². The molecule has 0 aliphatic rings. The number of ether oxygens (including phenoxy) is 7. The van der Waals surface area contributed by atoms with Gasteiger partial charge < -0.3 is 56.1 Å². The standard InChI is InChI=1S/C24H54N4O7/c1-2-11-29-16-22(33-13-4-8-26)18-31-20-24(35-15-6-10-28)21-32-19-23(34-14-5-9-27)17-30-12-3-7-25/h22-24H,2-21,25-28H2,1H3. The van der Waals surface area contributed by atoms with Crippen LogP contribution in [0.2, 0.25) is 0 Å². The normalized spacial score (nSPS) is 14.3. The molecule has 0 aromatic heterocycles. The van der Waals surface area contributed by atoms with E-state index < -0.39 is 0 Å². The Morgan fingerprint density at radius 3 is 1.09 bits per heavy atom. The smallest absolute Gasteiger partial charge is 0.104 e. The SMILES string of the molecule is CCCOCC(COCC(COCC(COCCCN)OCCCN)OCCCN)OCCCN. The fourth-order valence-corrected chi connectivity index (χ4v) is 2.85. The number of hydrogen-bond donors (Lipinski definition) is 4. The second-order valence-corrected chi connectivity index (χ2v) is 8.27. The van der Waals surface area contributed by atoms with Gasteiger partial charge in [0, 0.05) is 33.0 Å². The Morgan fingerprint density at radius 2 is 0.743 bits per heavy atom. The van der Waals surface area contributed by atoms with Gasteiger partial charge in [-0.25, -0.2) is 0 Å². The molecule has 0 aromatic rings. The maximum atomic E-state index is 5.93. The highest BCUT2D eigenvalue weighted by Gasteiger charge is 2.16. The van der Waals surface area contributed by atoms with Crippen molar-refractivity contribution in [3.05, 3.63) is 0 Å². The van der Waals surface area contributed by atoms with Crippen molar-refractivity contribution in [3.63, 3.8) is 0 Å². The first-order valence-electron chi connectivity index (χ1n) is 13.2. The number of hydrogen-bond acceptors (Lipinski definition) is 11. The van der Waals surface area contributed by atoms with Crippen LogP contribution in [0.3, 0.4) is 0 Å². The predicted octanol–water partition coefficient (Wildman–Crippen LogP) is 0.0136. The average Bonchev–Trinajstić information content (AvgIpc) is 2.86. The Labute approximate surface area is 212 Å². The molecular weight excluding hydrogens is 456 g/mol. The molecule has 0 spiro atoms. The molecule has 8 N–H and O–H groups in total. The summed E-state index contributed by atoms with van der Waals surface area (Å²) in [6, 6.07) is 0. The molecule has 0 fully saturated rings. The van der Waals surface area contributed by atoms with E-state index in [0.717, 1.165) is 32.1 Å². The Balaban J connectivity index is 4.55. The van der Waals surface area contributed by atoms with Crippen LogP contribution in [-0.2, 0) is 33.2 Å². The summed E-state index contributed by atoms with van der Waals surface area (Å²) < 4.78 is 40.8. The summed E-state index contributed by atoms with van der Waals surface area (Å²) in [7, 11) is 0. The third-order valence-corrected chi connectivity index (χ3v) is 4.77. The van der Waals surface area contributed by atoms with Crippen molar-refractivity contribution in [2.75, 3.05) is 98.9 Å². The third-order valence-electron chi connectivity index (χ3n) is 4.77. The van der Waals surface area contributed by atoms with Crippen LogP contribution < -0.4 is 22.9 Å². The van der Waals surface area contributed by atoms with E-state index in [1.165, 1.54) is 0 Å². The van der Waals surface area contributed by atoms with Gasteiger partial charge in [-0.15, -0.1) is 0 Å². The molecule has 0 rings (SSSR count). The first-order chi connectivity index (χ1) is 17.2. The molecule has 3 unspecified atom stereocenters. The van der Waals surface area contributed by atoms with Crippen LogP contribution in [-0.4, -0.2) is 117 Å². The molecule has 0 aliphatic heterocycles. The zero-order valence-corrected chi connectivity index (χ0v) is 22.0. The Kier molecular flexibility index (Phi) is 27.8. The van der Waals surface area contributed by atoms with E-state index in [2.05, 4.69) is 6.92 Å². The van der Waals surface area contributed by atoms with Crippen LogP contribution >= 0.6 is 0 Å². The molecule has 35 heavy (non-hydrogen) atoms. The fraction of sp³-hybridized carbons (Fsp3) is 1.00. The van der Waals surface area contributed by atoms with E-state index in [4.69, 9.17) is 56.1 Å². The van der Waals surface area contributed by atoms with Crippen LogP contribution in [0.4, 0.5) is 0 Å². The van der Waals surface area contributed by atoms with E-state index in [9.17, 15) is 0 Å². The molecule has 11 heteroatoms. The van der Waals surface area contributed by atoms with Crippen molar-refractivity contribution in [2.45, 2.75) is 57.3 Å². The Hall–Kier alpha value is -0.440. The topological polar surface area (TPSA) is 169 Å². The maximum absolute atomic E-state index is 5.93. The van der Waals surface area contributed by atoms with E-state index in [-0.39, 0.29) is 18.3 Å². The van der Waals surface area contributed by atoms with Gasteiger partial charge >= 0.3 is 0 Å². The molecular formula is C24H54N4O7.